The molecule has 0 aromatic rings. The minimum Gasteiger partial charge on any atom is -0.342 e. The predicted octanol–water partition coefficient (Wildman–Crippen LogP) is 1.88. The van der Waals surface area contributed by atoms with Gasteiger partial charge in [-0.15, -0.1) is 0 Å². The lowest BCUT2D eigenvalue weighted by molar-refractivity contribution is -0.133. The van der Waals surface area contributed by atoms with Crippen molar-refractivity contribution in [3.63, 3.8) is 0 Å². The van der Waals surface area contributed by atoms with Gasteiger partial charge in [-0.3, -0.25) is 4.79 Å². The van der Waals surface area contributed by atoms with Crippen LogP contribution >= 0.6 is 0 Å². The zero-order chi connectivity index (χ0) is 12.2. The highest BCUT2D eigenvalue weighted by Crippen LogP contribution is 2.19. The average Bonchev–Trinajstić information content (AvgIpc) is 2.16. The normalized spacial score (nSPS) is 22.1. The van der Waals surface area contributed by atoms with E-state index in [1.54, 1.807) is 0 Å². The van der Waals surface area contributed by atoms with Crippen LogP contribution in [0.4, 0.5) is 0 Å². The van der Waals surface area contributed by atoms with Crippen molar-refractivity contribution >= 4 is 5.91 Å². The first-order chi connectivity index (χ1) is 7.41. The summed E-state index contributed by atoms with van der Waals surface area (Å²) in [6, 6.07) is 0. The molecule has 0 radical (unpaired) electrons. The molecule has 16 heavy (non-hydrogen) atoms. The first-order valence-electron chi connectivity index (χ1n) is 6.39. The molecule has 1 saturated heterocycles. The molecule has 1 aliphatic heterocycles. The summed E-state index contributed by atoms with van der Waals surface area (Å²) in [4.78, 5) is 14.0. The van der Waals surface area contributed by atoms with Crippen LogP contribution in [0.1, 0.15) is 40.5 Å². The lowest BCUT2D eigenvalue weighted by atomic mass is 9.91. The van der Waals surface area contributed by atoms with E-state index in [-0.39, 0.29) is 5.41 Å². The Balaban J connectivity index is 2.57. The average molecular weight is 226 g/mol. The van der Waals surface area contributed by atoms with Crippen LogP contribution < -0.4 is 5.32 Å². The van der Waals surface area contributed by atoms with Gasteiger partial charge in [-0.1, -0.05) is 27.7 Å². The van der Waals surface area contributed by atoms with E-state index < -0.39 is 0 Å². The van der Waals surface area contributed by atoms with E-state index in [0.717, 1.165) is 32.6 Å². The summed E-state index contributed by atoms with van der Waals surface area (Å²) >= 11 is 0. The quantitative estimate of drug-likeness (QED) is 0.797. The van der Waals surface area contributed by atoms with Crippen molar-refractivity contribution in [1.82, 2.24) is 10.2 Å². The molecule has 0 unspecified atom stereocenters. The van der Waals surface area contributed by atoms with Crippen molar-refractivity contribution < 1.29 is 4.79 Å². The van der Waals surface area contributed by atoms with Crippen molar-refractivity contribution in [3.8, 4) is 0 Å². The van der Waals surface area contributed by atoms with Gasteiger partial charge in [0.15, 0.2) is 0 Å². The molecular formula is C13H26N2O. The Kier molecular flexibility index (Phi) is 4.78. The van der Waals surface area contributed by atoms with Gasteiger partial charge in [0.2, 0.25) is 5.91 Å². The molecule has 1 aliphatic rings. The SMILES string of the molecule is CC(C)CCN1CC(C)(C)CNCCC1=O. The second-order valence-electron chi connectivity index (χ2n) is 6.09. The highest BCUT2D eigenvalue weighted by molar-refractivity contribution is 5.76. The lowest BCUT2D eigenvalue weighted by Gasteiger charge is -2.35. The summed E-state index contributed by atoms with van der Waals surface area (Å²) in [5, 5.41) is 3.35. The van der Waals surface area contributed by atoms with Gasteiger partial charge >= 0.3 is 0 Å². The van der Waals surface area contributed by atoms with E-state index in [9.17, 15) is 4.79 Å². The summed E-state index contributed by atoms with van der Waals surface area (Å²) in [5.41, 5.74) is 0.188. The van der Waals surface area contributed by atoms with Gasteiger partial charge in [-0.05, 0) is 17.8 Å². The maximum absolute atomic E-state index is 12.0. The van der Waals surface area contributed by atoms with Gasteiger partial charge in [0.05, 0.1) is 0 Å². The van der Waals surface area contributed by atoms with Gasteiger partial charge in [0, 0.05) is 32.6 Å². The molecule has 1 amide bonds. The Morgan fingerprint density at radius 1 is 1.44 bits per heavy atom. The number of nitrogens with one attached hydrogen (secondary N) is 1. The molecule has 0 saturated carbocycles. The summed E-state index contributed by atoms with van der Waals surface area (Å²) in [5.74, 6) is 0.973. The topological polar surface area (TPSA) is 32.3 Å². The van der Waals surface area contributed by atoms with Gasteiger partial charge in [-0.2, -0.15) is 0 Å². The maximum atomic E-state index is 12.0. The smallest absolute Gasteiger partial charge is 0.223 e. The van der Waals surface area contributed by atoms with Gasteiger partial charge in [-0.25, -0.2) is 0 Å². The summed E-state index contributed by atoms with van der Waals surface area (Å²) in [7, 11) is 0. The summed E-state index contributed by atoms with van der Waals surface area (Å²) < 4.78 is 0. The standard InChI is InChI=1S/C13H26N2O/c1-11(2)6-8-15-10-13(3,4)9-14-7-5-12(15)16/h11,14H,5-10H2,1-4H3. The largest absolute Gasteiger partial charge is 0.342 e. The van der Waals surface area contributed by atoms with Crippen molar-refractivity contribution in [2.45, 2.75) is 40.5 Å². The van der Waals surface area contributed by atoms with Gasteiger partial charge in [0.1, 0.15) is 0 Å². The van der Waals surface area contributed by atoms with E-state index in [4.69, 9.17) is 0 Å². The Bertz CT molecular complexity index is 236. The summed E-state index contributed by atoms with van der Waals surface area (Å²) in [6.45, 7) is 12.5. The molecule has 1 N–H and O–H groups in total. The molecule has 0 aromatic carbocycles. The van der Waals surface area contributed by atoms with Crippen LogP contribution in [-0.4, -0.2) is 37.0 Å². The first kappa shape index (κ1) is 13.5. The molecule has 3 nitrogen and oxygen atoms in total. The molecule has 1 fully saturated rings. The number of nitrogens with zero attached hydrogens (tertiary/aromatic N) is 1. The van der Waals surface area contributed by atoms with Gasteiger partial charge < -0.3 is 10.2 Å². The number of rotatable bonds is 3. The Labute approximate surface area is 99.6 Å². The molecule has 1 heterocycles. The van der Waals surface area contributed by atoms with Crippen LogP contribution in [0.25, 0.3) is 0 Å². The molecule has 94 valence electrons. The number of carbonyl (C=O) groups is 1. The van der Waals surface area contributed by atoms with Gasteiger partial charge in [0.25, 0.3) is 0 Å². The van der Waals surface area contributed by atoms with E-state index in [2.05, 4.69) is 37.9 Å². The first-order valence-corrected chi connectivity index (χ1v) is 6.39. The minimum atomic E-state index is 0.188. The van der Waals surface area contributed by atoms with Crippen LogP contribution in [-0.2, 0) is 4.79 Å². The van der Waals surface area contributed by atoms with E-state index in [0.29, 0.717) is 18.2 Å². The third kappa shape index (κ3) is 4.52. The monoisotopic (exact) mass is 226 g/mol. The van der Waals surface area contributed by atoms with E-state index in [1.165, 1.54) is 0 Å². The molecule has 0 aliphatic carbocycles. The fourth-order valence-electron chi connectivity index (χ4n) is 2.06. The zero-order valence-electron chi connectivity index (χ0n) is 11.2. The van der Waals surface area contributed by atoms with Crippen LogP contribution in [0.2, 0.25) is 0 Å². The number of carbonyl (C=O) groups excluding carboxylic acids is 1. The second kappa shape index (κ2) is 5.67. The number of hydrogen-bond donors (Lipinski definition) is 1. The predicted molar refractivity (Wildman–Crippen MR) is 67.3 cm³/mol. The highest BCUT2D eigenvalue weighted by Gasteiger charge is 2.26. The van der Waals surface area contributed by atoms with Crippen LogP contribution in [0, 0.1) is 11.3 Å². The Morgan fingerprint density at radius 2 is 2.12 bits per heavy atom. The molecule has 1 rings (SSSR count). The molecule has 0 bridgehead atoms. The third-order valence-corrected chi connectivity index (χ3v) is 3.07. The Hall–Kier alpha value is -0.570. The second-order valence-corrected chi connectivity index (χ2v) is 6.09. The van der Waals surface area contributed by atoms with E-state index >= 15 is 0 Å². The fourth-order valence-corrected chi connectivity index (χ4v) is 2.06. The Morgan fingerprint density at radius 3 is 2.75 bits per heavy atom. The molecule has 0 spiro atoms. The third-order valence-electron chi connectivity index (χ3n) is 3.07. The van der Waals surface area contributed by atoms with Crippen molar-refractivity contribution in [2.24, 2.45) is 11.3 Å². The van der Waals surface area contributed by atoms with E-state index in [1.807, 2.05) is 0 Å². The van der Waals surface area contributed by atoms with Crippen LogP contribution in [0.3, 0.4) is 0 Å². The van der Waals surface area contributed by atoms with Crippen molar-refractivity contribution in [2.75, 3.05) is 26.2 Å². The molecule has 0 atom stereocenters. The summed E-state index contributed by atoms with van der Waals surface area (Å²) in [6.07, 6.45) is 1.75. The number of hydrogen-bond acceptors (Lipinski definition) is 2. The molecule has 3 heteroatoms. The lowest BCUT2D eigenvalue weighted by Crippen LogP contribution is -2.47. The van der Waals surface area contributed by atoms with Crippen molar-refractivity contribution in [3.05, 3.63) is 0 Å². The maximum Gasteiger partial charge on any atom is 0.223 e. The minimum absolute atomic E-state index is 0.188. The molecule has 0 aromatic heterocycles. The highest BCUT2D eigenvalue weighted by atomic mass is 16.2. The fraction of sp³-hybridized carbons (Fsp3) is 0.923. The number of amides is 1. The van der Waals surface area contributed by atoms with Crippen molar-refractivity contribution in [1.29, 1.82) is 0 Å². The molecular weight excluding hydrogens is 200 g/mol. The van der Waals surface area contributed by atoms with Crippen LogP contribution in [0.5, 0.6) is 0 Å². The zero-order valence-corrected chi connectivity index (χ0v) is 11.2. The van der Waals surface area contributed by atoms with Crippen LogP contribution in [0.15, 0.2) is 0 Å².